The van der Waals surface area contributed by atoms with Gasteiger partial charge in [-0.05, 0) is 68.3 Å². The Morgan fingerprint density at radius 2 is 1.62 bits per heavy atom. The van der Waals surface area contributed by atoms with Crippen LogP contribution in [-0.2, 0) is 0 Å². The summed E-state index contributed by atoms with van der Waals surface area (Å²) >= 11 is 0. The molecule has 0 radical (unpaired) electrons. The molecule has 2 aromatic carbocycles. The van der Waals surface area contributed by atoms with Crippen molar-refractivity contribution in [2.45, 2.75) is 37.8 Å². The highest BCUT2D eigenvalue weighted by Crippen LogP contribution is 2.47. The monoisotopic (exact) mass is 356 g/mol. The Hall–Kier alpha value is -1.78. The summed E-state index contributed by atoms with van der Waals surface area (Å²) < 4.78 is 27.4. The first-order valence-corrected chi connectivity index (χ1v) is 9.35. The summed E-state index contributed by atoms with van der Waals surface area (Å²) in [6, 6.07) is 12.1. The average Bonchev–Trinajstić information content (AvgIpc) is 2.96. The molecule has 1 fully saturated rings. The Morgan fingerprint density at radius 1 is 0.923 bits per heavy atom. The minimum absolute atomic E-state index is 0.0969. The first-order valence-electron chi connectivity index (χ1n) is 9.35. The molecule has 138 valence electrons. The molecule has 1 aliphatic heterocycles. The third-order valence-corrected chi connectivity index (χ3v) is 6.30. The van der Waals surface area contributed by atoms with E-state index >= 15 is 0 Å². The summed E-state index contributed by atoms with van der Waals surface area (Å²) in [7, 11) is 2.17. The molecule has 0 saturated carbocycles. The number of rotatable bonds is 2. The maximum atomic E-state index is 14.0. The summed E-state index contributed by atoms with van der Waals surface area (Å²) in [4.78, 5) is 4.89. The van der Waals surface area contributed by atoms with Gasteiger partial charge in [0.25, 0.3) is 0 Å². The molecule has 0 unspecified atom stereocenters. The van der Waals surface area contributed by atoms with Crippen molar-refractivity contribution in [3.63, 3.8) is 0 Å². The number of benzene rings is 2. The average molecular weight is 356 g/mol. The molecule has 26 heavy (non-hydrogen) atoms. The molecule has 4 rings (SSSR count). The predicted molar refractivity (Wildman–Crippen MR) is 100 cm³/mol. The third kappa shape index (κ3) is 3.06. The van der Waals surface area contributed by atoms with Gasteiger partial charge in [-0.3, -0.25) is 9.80 Å². The Kier molecular flexibility index (Phi) is 4.36. The van der Waals surface area contributed by atoms with Crippen LogP contribution in [0.3, 0.4) is 0 Å². The van der Waals surface area contributed by atoms with Crippen molar-refractivity contribution in [2.75, 3.05) is 26.7 Å². The summed E-state index contributed by atoms with van der Waals surface area (Å²) in [6.45, 7) is 7.47. The molecule has 0 aromatic heterocycles. The second-order valence-electron chi connectivity index (χ2n) is 8.33. The molecule has 0 bridgehead atoms. The predicted octanol–water partition coefficient (Wildman–Crippen LogP) is 4.57. The van der Waals surface area contributed by atoms with E-state index in [1.54, 1.807) is 12.1 Å². The number of likely N-dealkylation sites (N-methyl/N-ethyl adjacent to an activating group) is 1. The van der Waals surface area contributed by atoms with Crippen LogP contribution in [0.5, 0.6) is 0 Å². The van der Waals surface area contributed by atoms with E-state index in [0.29, 0.717) is 0 Å². The van der Waals surface area contributed by atoms with Gasteiger partial charge in [0.05, 0.1) is 0 Å². The van der Waals surface area contributed by atoms with Crippen molar-refractivity contribution in [1.82, 2.24) is 9.80 Å². The normalized spacial score (nSPS) is 26.0. The van der Waals surface area contributed by atoms with Gasteiger partial charge >= 0.3 is 0 Å². The Bertz CT molecular complexity index is 800. The molecule has 0 amide bonds. The van der Waals surface area contributed by atoms with Gasteiger partial charge in [0, 0.05) is 37.1 Å². The lowest BCUT2D eigenvalue weighted by Gasteiger charge is -2.47. The fourth-order valence-electron chi connectivity index (χ4n) is 4.53. The molecule has 1 aliphatic carbocycles. The first-order chi connectivity index (χ1) is 12.3. The van der Waals surface area contributed by atoms with Crippen LogP contribution < -0.4 is 0 Å². The second kappa shape index (κ2) is 6.43. The van der Waals surface area contributed by atoms with Crippen molar-refractivity contribution in [3.05, 3.63) is 70.8 Å². The molecular formula is C22H26F2N2. The zero-order chi connectivity index (χ0) is 18.5. The van der Waals surface area contributed by atoms with Gasteiger partial charge in [0.2, 0.25) is 0 Å². The number of piperazine rings is 1. The van der Waals surface area contributed by atoms with Gasteiger partial charge in [-0.2, -0.15) is 0 Å². The van der Waals surface area contributed by atoms with E-state index in [1.165, 1.54) is 17.7 Å². The standard InChI is InChI=1S/C22H26F2N2/c1-22(2)14-26(11-10-25(22)3)21-13-19(15-4-6-16(23)7-5-15)18-9-8-17(24)12-20(18)21/h4-9,12,19,21H,10-11,13-14H2,1-3H3/t19-,21+/m1/s1. The van der Waals surface area contributed by atoms with Crippen molar-refractivity contribution in [3.8, 4) is 0 Å². The fourth-order valence-corrected chi connectivity index (χ4v) is 4.53. The van der Waals surface area contributed by atoms with E-state index in [-0.39, 0.29) is 29.1 Å². The molecule has 0 N–H and O–H groups in total. The maximum absolute atomic E-state index is 14.0. The molecule has 2 atom stereocenters. The largest absolute Gasteiger partial charge is 0.299 e. The molecule has 2 nitrogen and oxygen atoms in total. The summed E-state index contributed by atoms with van der Waals surface area (Å²) in [5.74, 6) is -0.204. The van der Waals surface area contributed by atoms with E-state index in [9.17, 15) is 8.78 Å². The zero-order valence-electron chi connectivity index (χ0n) is 15.7. The highest BCUT2D eigenvalue weighted by Gasteiger charge is 2.40. The first kappa shape index (κ1) is 17.6. The number of hydrogen-bond acceptors (Lipinski definition) is 2. The van der Waals surface area contributed by atoms with Crippen LogP contribution >= 0.6 is 0 Å². The fraction of sp³-hybridized carbons (Fsp3) is 0.455. The molecule has 4 heteroatoms. The van der Waals surface area contributed by atoms with Crippen LogP contribution in [0.15, 0.2) is 42.5 Å². The maximum Gasteiger partial charge on any atom is 0.123 e. The van der Waals surface area contributed by atoms with Crippen molar-refractivity contribution >= 4 is 0 Å². The van der Waals surface area contributed by atoms with Crippen LogP contribution in [0.2, 0.25) is 0 Å². The number of hydrogen-bond donors (Lipinski definition) is 0. The molecule has 2 aromatic rings. The van der Waals surface area contributed by atoms with E-state index in [0.717, 1.165) is 37.2 Å². The van der Waals surface area contributed by atoms with Gasteiger partial charge in [-0.1, -0.05) is 18.2 Å². The lowest BCUT2D eigenvalue weighted by atomic mass is 9.93. The minimum atomic E-state index is -0.219. The Balaban J connectivity index is 1.69. The van der Waals surface area contributed by atoms with E-state index in [1.807, 2.05) is 18.2 Å². The zero-order valence-corrected chi connectivity index (χ0v) is 15.7. The highest BCUT2D eigenvalue weighted by atomic mass is 19.1. The summed E-state index contributed by atoms with van der Waals surface area (Å²) in [5, 5.41) is 0. The van der Waals surface area contributed by atoms with Crippen LogP contribution in [0.1, 0.15) is 48.9 Å². The molecule has 2 aliphatic rings. The van der Waals surface area contributed by atoms with E-state index in [4.69, 9.17) is 0 Å². The van der Waals surface area contributed by atoms with Gasteiger partial charge in [-0.15, -0.1) is 0 Å². The van der Waals surface area contributed by atoms with Crippen LogP contribution in [0, 0.1) is 11.6 Å². The van der Waals surface area contributed by atoms with Crippen LogP contribution in [0.25, 0.3) is 0 Å². The SMILES string of the molecule is CN1CCN([C@H]2C[C@H](c3ccc(F)cc3)c3ccc(F)cc32)CC1(C)C. The van der Waals surface area contributed by atoms with Gasteiger partial charge in [-0.25, -0.2) is 8.78 Å². The summed E-state index contributed by atoms with van der Waals surface area (Å²) in [6.07, 6.45) is 0.921. The van der Waals surface area contributed by atoms with Gasteiger partial charge in [0.1, 0.15) is 11.6 Å². The third-order valence-electron chi connectivity index (χ3n) is 6.30. The van der Waals surface area contributed by atoms with Gasteiger partial charge in [0.15, 0.2) is 0 Å². The van der Waals surface area contributed by atoms with E-state index in [2.05, 4.69) is 30.7 Å². The second-order valence-corrected chi connectivity index (χ2v) is 8.33. The highest BCUT2D eigenvalue weighted by molar-refractivity contribution is 5.45. The topological polar surface area (TPSA) is 6.48 Å². The molecular weight excluding hydrogens is 330 g/mol. The van der Waals surface area contributed by atoms with Crippen LogP contribution in [-0.4, -0.2) is 42.0 Å². The quantitative estimate of drug-likeness (QED) is 0.778. The number of nitrogens with zero attached hydrogens (tertiary/aromatic N) is 2. The lowest BCUT2D eigenvalue weighted by Crippen LogP contribution is -2.58. The lowest BCUT2D eigenvalue weighted by molar-refractivity contribution is 0.0158. The number of halogens is 2. The van der Waals surface area contributed by atoms with Crippen LogP contribution in [0.4, 0.5) is 8.78 Å². The number of fused-ring (bicyclic) bond motifs is 1. The molecule has 0 spiro atoms. The minimum Gasteiger partial charge on any atom is -0.299 e. The van der Waals surface area contributed by atoms with Gasteiger partial charge < -0.3 is 0 Å². The smallest absolute Gasteiger partial charge is 0.123 e. The Labute approximate surface area is 154 Å². The molecule has 1 heterocycles. The summed E-state index contributed by atoms with van der Waals surface area (Å²) in [5.41, 5.74) is 3.48. The Morgan fingerprint density at radius 3 is 2.31 bits per heavy atom. The van der Waals surface area contributed by atoms with Crippen molar-refractivity contribution < 1.29 is 8.78 Å². The van der Waals surface area contributed by atoms with E-state index < -0.39 is 0 Å². The molecule has 1 saturated heterocycles. The van der Waals surface area contributed by atoms with Crippen molar-refractivity contribution in [1.29, 1.82) is 0 Å². The van der Waals surface area contributed by atoms with Crippen molar-refractivity contribution in [2.24, 2.45) is 0 Å².